The monoisotopic (exact) mass is 432 g/mol. The van der Waals surface area contributed by atoms with Crippen LogP contribution < -0.4 is 10.9 Å². The van der Waals surface area contributed by atoms with Gasteiger partial charge in [0.2, 0.25) is 5.91 Å². The molecule has 0 spiro atoms. The van der Waals surface area contributed by atoms with Crippen LogP contribution in [0.25, 0.3) is 21.9 Å². The summed E-state index contributed by atoms with van der Waals surface area (Å²) in [5, 5.41) is 3.34. The Labute approximate surface area is 172 Å². The molecule has 0 radical (unpaired) electrons. The topological polar surface area (TPSA) is 79.8 Å². The van der Waals surface area contributed by atoms with E-state index < -0.39 is 17.6 Å². The number of nitrogens with one attached hydrogen (secondary N) is 2. The van der Waals surface area contributed by atoms with Gasteiger partial charge in [0.15, 0.2) is 5.16 Å². The molecule has 0 atom stereocenters. The average Bonchev–Trinajstić information content (AvgIpc) is 3.08. The van der Waals surface area contributed by atoms with Crippen LogP contribution in [0.2, 0.25) is 0 Å². The lowest BCUT2D eigenvalue weighted by Crippen LogP contribution is -2.22. The summed E-state index contributed by atoms with van der Waals surface area (Å²) in [6, 6.07) is 12.1. The van der Waals surface area contributed by atoms with E-state index in [-0.39, 0.29) is 22.2 Å². The minimum absolute atomic E-state index is 0.208. The first-order chi connectivity index (χ1) is 14.3. The largest absolute Gasteiger partial charge is 0.418 e. The molecule has 2 heterocycles. The SMILES string of the molecule is Cn1c(SCC(=O)Nc2ccccc2C(F)(F)F)nc2c([nH]c3ccccc32)c1=O. The van der Waals surface area contributed by atoms with Gasteiger partial charge in [-0.2, -0.15) is 13.2 Å². The van der Waals surface area contributed by atoms with Crippen molar-refractivity contribution in [3.8, 4) is 0 Å². The minimum atomic E-state index is -4.58. The zero-order chi connectivity index (χ0) is 21.5. The number of rotatable bonds is 4. The first-order valence-electron chi connectivity index (χ1n) is 8.82. The standard InChI is InChI=1S/C20H15F3N4O2S/c1-27-18(29)17-16(11-6-2-4-8-13(11)25-17)26-19(27)30-10-15(28)24-14-9-5-3-7-12(14)20(21,22)23/h2-9,25H,10H2,1H3,(H,24,28). The number of hydrogen-bond acceptors (Lipinski definition) is 4. The summed E-state index contributed by atoms with van der Waals surface area (Å²) >= 11 is 0.973. The Morgan fingerprint density at radius 1 is 1.17 bits per heavy atom. The van der Waals surface area contributed by atoms with Crippen LogP contribution in [0.5, 0.6) is 0 Å². The van der Waals surface area contributed by atoms with Crippen molar-refractivity contribution in [3.05, 3.63) is 64.4 Å². The van der Waals surface area contributed by atoms with E-state index in [1.54, 1.807) is 0 Å². The Morgan fingerprint density at radius 3 is 2.63 bits per heavy atom. The van der Waals surface area contributed by atoms with Crippen LogP contribution in [-0.4, -0.2) is 26.2 Å². The molecule has 4 rings (SSSR count). The van der Waals surface area contributed by atoms with Crippen molar-refractivity contribution in [1.29, 1.82) is 0 Å². The number of nitrogens with zero attached hydrogens (tertiary/aromatic N) is 2. The fraction of sp³-hybridized carbons (Fsp3) is 0.150. The second-order valence-electron chi connectivity index (χ2n) is 6.53. The number of aromatic amines is 1. The van der Waals surface area contributed by atoms with Gasteiger partial charge in [0.1, 0.15) is 11.0 Å². The lowest BCUT2D eigenvalue weighted by Gasteiger charge is -2.13. The predicted octanol–water partition coefficient (Wildman–Crippen LogP) is 4.16. The molecule has 0 saturated carbocycles. The number of amides is 1. The third-order valence-corrected chi connectivity index (χ3v) is 5.56. The smallest absolute Gasteiger partial charge is 0.349 e. The summed E-state index contributed by atoms with van der Waals surface area (Å²) in [5.74, 6) is -0.842. The Bertz CT molecular complexity index is 1330. The van der Waals surface area contributed by atoms with Gasteiger partial charge in [-0.05, 0) is 18.2 Å². The third-order valence-electron chi connectivity index (χ3n) is 4.53. The number of thioether (sulfide) groups is 1. The van der Waals surface area contributed by atoms with Gasteiger partial charge in [0, 0.05) is 18.0 Å². The third kappa shape index (κ3) is 3.65. The zero-order valence-corrected chi connectivity index (χ0v) is 16.4. The fourth-order valence-corrected chi connectivity index (χ4v) is 3.87. The van der Waals surface area contributed by atoms with E-state index in [1.165, 1.54) is 29.8 Å². The van der Waals surface area contributed by atoms with Crippen molar-refractivity contribution in [2.75, 3.05) is 11.1 Å². The van der Waals surface area contributed by atoms with Crippen LogP contribution in [0.4, 0.5) is 18.9 Å². The van der Waals surface area contributed by atoms with Crippen LogP contribution in [0.1, 0.15) is 5.56 Å². The number of aromatic nitrogens is 3. The number of H-pyrrole nitrogens is 1. The highest BCUT2D eigenvalue weighted by molar-refractivity contribution is 7.99. The number of carbonyl (C=O) groups excluding carboxylic acids is 1. The van der Waals surface area contributed by atoms with Crippen LogP contribution in [0.3, 0.4) is 0 Å². The maximum Gasteiger partial charge on any atom is 0.418 e. The second kappa shape index (κ2) is 7.52. The first kappa shape index (κ1) is 20.0. The Morgan fingerprint density at radius 2 is 1.87 bits per heavy atom. The van der Waals surface area contributed by atoms with E-state index >= 15 is 0 Å². The van der Waals surface area contributed by atoms with Crippen LogP contribution in [0, 0.1) is 0 Å². The molecule has 4 aromatic rings. The number of hydrogen-bond donors (Lipinski definition) is 2. The molecule has 0 saturated heterocycles. The van der Waals surface area contributed by atoms with Crippen molar-refractivity contribution in [2.45, 2.75) is 11.3 Å². The molecule has 2 aromatic carbocycles. The van der Waals surface area contributed by atoms with Gasteiger partial charge < -0.3 is 10.3 Å². The van der Waals surface area contributed by atoms with Crippen molar-refractivity contribution in [2.24, 2.45) is 7.05 Å². The molecule has 0 fully saturated rings. The number of fused-ring (bicyclic) bond motifs is 3. The Balaban J connectivity index is 1.58. The van der Waals surface area contributed by atoms with Gasteiger partial charge >= 0.3 is 6.18 Å². The molecule has 2 N–H and O–H groups in total. The molecular weight excluding hydrogens is 417 g/mol. The Hall–Kier alpha value is -3.27. The highest BCUT2D eigenvalue weighted by Crippen LogP contribution is 2.34. The summed E-state index contributed by atoms with van der Waals surface area (Å²) < 4.78 is 40.6. The molecular formula is C20H15F3N4O2S. The maximum atomic E-state index is 13.1. The molecule has 154 valence electrons. The highest BCUT2D eigenvalue weighted by atomic mass is 32.2. The molecule has 0 unspecified atom stereocenters. The molecule has 10 heteroatoms. The predicted molar refractivity (Wildman–Crippen MR) is 110 cm³/mol. The summed E-state index contributed by atoms with van der Waals surface area (Å²) in [5.41, 5.74) is 0.0616. The van der Waals surface area contributed by atoms with Gasteiger partial charge in [-0.15, -0.1) is 0 Å². The van der Waals surface area contributed by atoms with E-state index in [0.717, 1.165) is 28.7 Å². The van der Waals surface area contributed by atoms with E-state index in [9.17, 15) is 22.8 Å². The average molecular weight is 432 g/mol. The lowest BCUT2D eigenvalue weighted by atomic mass is 10.1. The quantitative estimate of drug-likeness (QED) is 0.375. The fourth-order valence-electron chi connectivity index (χ4n) is 3.11. The Kier molecular flexibility index (Phi) is 5.02. The molecule has 6 nitrogen and oxygen atoms in total. The van der Waals surface area contributed by atoms with Crippen LogP contribution >= 0.6 is 11.8 Å². The number of halogens is 3. The van der Waals surface area contributed by atoms with Crippen molar-refractivity contribution in [3.63, 3.8) is 0 Å². The van der Waals surface area contributed by atoms with Gasteiger partial charge in [0.05, 0.1) is 17.0 Å². The number of anilines is 1. The number of carbonyl (C=O) groups is 1. The molecule has 1 amide bonds. The summed E-state index contributed by atoms with van der Waals surface area (Å²) in [7, 11) is 1.53. The van der Waals surface area contributed by atoms with Gasteiger partial charge in [0.25, 0.3) is 5.56 Å². The molecule has 30 heavy (non-hydrogen) atoms. The lowest BCUT2D eigenvalue weighted by molar-refractivity contribution is -0.137. The number of para-hydroxylation sites is 2. The second-order valence-corrected chi connectivity index (χ2v) is 7.48. The van der Waals surface area contributed by atoms with Crippen LogP contribution in [-0.2, 0) is 18.0 Å². The zero-order valence-electron chi connectivity index (χ0n) is 15.6. The minimum Gasteiger partial charge on any atom is -0.349 e. The van der Waals surface area contributed by atoms with Gasteiger partial charge in [-0.1, -0.05) is 42.1 Å². The first-order valence-corrected chi connectivity index (χ1v) is 9.80. The molecule has 0 aliphatic carbocycles. The highest BCUT2D eigenvalue weighted by Gasteiger charge is 2.33. The van der Waals surface area contributed by atoms with Gasteiger partial charge in [-0.3, -0.25) is 14.2 Å². The maximum absolute atomic E-state index is 13.1. The van der Waals surface area contributed by atoms with Crippen LogP contribution in [0.15, 0.2) is 58.5 Å². The molecule has 2 aromatic heterocycles. The van der Waals surface area contributed by atoms with Gasteiger partial charge in [-0.25, -0.2) is 4.98 Å². The summed E-state index contributed by atoms with van der Waals surface area (Å²) in [6.45, 7) is 0. The normalized spacial score (nSPS) is 11.9. The van der Waals surface area contributed by atoms with E-state index in [2.05, 4.69) is 15.3 Å². The van der Waals surface area contributed by atoms with E-state index in [4.69, 9.17) is 0 Å². The van der Waals surface area contributed by atoms with E-state index in [1.807, 2.05) is 24.3 Å². The summed E-state index contributed by atoms with van der Waals surface area (Å²) in [4.78, 5) is 32.5. The number of alkyl halides is 3. The molecule has 0 aliphatic rings. The van der Waals surface area contributed by atoms with Crippen molar-refractivity contribution in [1.82, 2.24) is 14.5 Å². The van der Waals surface area contributed by atoms with E-state index in [0.29, 0.717) is 11.0 Å². The van der Waals surface area contributed by atoms with Crippen molar-refractivity contribution >= 4 is 45.3 Å². The molecule has 0 bridgehead atoms. The number of benzene rings is 2. The summed E-state index contributed by atoms with van der Waals surface area (Å²) in [6.07, 6.45) is -4.58. The van der Waals surface area contributed by atoms with Crippen molar-refractivity contribution < 1.29 is 18.0 Å². The molecule has 0 aliphatic heterocycles.